The number of nitriles is 1. The van der Waals surface area contributed by atoms with Gasteiger partial charge in [-0.1, -0.05) is 25.1 Å². The molecule has 3 aromatic rings. The summed E-state index contributed by atoms with van der Waals surface area (Å²) >= 11 is 0. The monoisotopic (exact) mass is 519 g/mol. The van der Waals surface area contributed by atoms with Crippen molar-refractivity contribution in [2.45, 2.75) is 62.3 Å². The molecule has 39 heavy (non-hydrogen) atoms. The minimum atomic E-state index is -0.636. The first-order chi connectivity index (χ1) is 18.9. The average molecular weight is 520 g/mol. The molecule has 0 unspecified atom stereocenters. The van der Waals surface area contributed by atoms with Crippen LogP contribution in [0.2, 0.25) is 0 Å². The van der Waals surface area contributed by atoms with Gasteiger partial charge in [-0.15, -0.1) is 6.58 Å². The third kappa shape index (κ3) is 3.12. The maximum Gasteiger partial charge on any atom is 0.160 e. The van der Waals surface area contributed by atoms with Crippen molar-refractivity contribution in [3.05, 3.63) is 89.4 Å². The summed E-state index contributed by atoms with van der Waals surface area (Å²) in [4.78, 5) is 14.8. The highest BCUT2D eigenvalue weighted by Gasteiger charge is 2.73. The number of benzene rings is 1. The van der Waals surface area contributed by atoms with Gasteiger partial charge in [0, 0.05) is 52.0 Å². The van der Waals surface area contributed by atoms with Crippen molar-refractivity contribution < 1.29 is 9.50 Å². The first-order valence-corrected chi connectivity index (χ1v) is 13.7. The highest BCUT2D eigenvalue weighted by Crippen LogP contribution is 2.66. The number of nitrogens with zero attached hydrogens (tertiary/aromatic N) is 4. The van der Waals surface area contributed by atoms with Gasteiger partial charge < -0.3 is 10.4 Å². The quantitative estimate of drug-likeness (QED) is 0.397. The third-order valence-corrected chi connectivity index (χ3v) is 9.79. The summed E-state index contributed by atoms with van der Waals surface area (Å²) in [5.41, 5.74) is 3.26. The van der Waals surface area contributed by atoms with E-state index in [1.807, 2.05) is 18.2 Å². The van der Waals surface area contributed by atoms with Gasteiger partial charge in [0.2, 0.25) is 0 Å². The molecule has 0 amide bonds. The summed E-state index contributed by atoms with van der Waals surface area (Å²) in [6.07, 6.45) is 8.12. The van der Waals surface area contributed by atoms with Crippen molar-refractivity contribution in [3.63, 3.8) is 0 Å². The number of rotatable bonds is 5. The van der Waals surface area contributed by atoms with Crippen LogP contribution in [-0.4, -0.2) is 32.1 Å². The molecule has 1 spiro atoms. The first kappa shape index (κ1) is 24.2. The molecule has 4 aliphatic rings. The zero-order valence-corrected chi connectivity index (χ0v) is 22.0. The Morgan fingerprint density at radius 2 is 2.08 bits per heavy atom. The molecule has 2 aromatic heterocycles. The number of hydrogen-bond donors (Lipinski definition) is 2. The highest BCUT2D eigenvalue weighted by atomic mass is 19.1. The third-order valence-electron chi connectivity index (χ3n) is 9.79. The molecule has 3 aliphatic carbocycles. The average Bonchev–Trinajstić information content (AvgIpc) is 3.79. The van der Waals surface area contributed by atoms with E-state index in [0.717, 1.165) is 35.4 Å². The number of allylic oxidation sites excluding steroid dienone is 2. The fourth-order valence-corrected chi connectivity index (χ4v) is 7.66. The number of pyridine rings is 1. The van der Waals surface area contributed by atoms with Gasteiger partial charge in [-0.2, -0.15) is 5.26 Å². The summed E-state index contributed by atoms with van der Waals surface area (Å²) in [7, 11) is 0. The van der Waals surface area contributed by atoms with Crippen LogP contribution < -0.4 is 5.32 Å². The van der Waals surface area contributed by atoms with E-state index in [1.54, 1.807) is 18.3 Å². The fourth-order valence-electron chi connectivity index (χ4n) is 7.66. The highest BCUT2D eigenvalue weighted by molar-refractivity contribution is 5.71. The number of hydrogen-bond acceptors (Lipinski definition) is 6. The van der Waals surface area contributed by atoms with E-state index in [1.165, 1.54) is 6.07 Å². The molecule has 2 N–H and O–H groups in total. The number of nitrogens with one attached hydrogen (secondary N) is 1. The van der Waals surface area contributed by atoms with Gasteiger partial charge in [-0.05, 0) is 62.8 Å². The molecule has 1 saturated heterocycles. The zero-order chi connectivity index (χ0) is 27.0. The Labute approximate surface area is 227 Å². The lowest BCUT2D eigenvalue weighted by Crippen LogP contribution is -2.83. The Morgan fingerprint density at radius 1 is 1.26 bits per heavy atom. The zero-order valence-electron chi connectivity index (χ0n) is 22.0. The molecular formula is C32H30FN5O. The van der Waals surface area contributed by atoms with Crippen molar-refractivity contribution in [2.24, 2.45) is 5.41 Å². The molecule has 3 atom stereocenters. The molecule has 1 aromatic carbocycles. The number of aliphatic hydroxyl groups is 1. The summed E-state index contributed by atoms with van der Waals surface area (Å²) in [6.45, 7) is 6.69. The second kappa shape index (κ2) is 8.30. The van der Waals surface area contributed by atoms with Gasteiger partial charge in [0.05, 0.1) is 28.4 Å². The Bertz CT molecular complexity index is 1620. The van der Waals surface area contributed by atoms with E-state index in [2.05, 4.69) is 35.9 Å². The van der Waals surface area contributed by atoms with E-state index in [9.17, 15) is 10.4 Å². The summed E-state index contributed by atoms with van der Waals surface area (Å²) < 4.78 is 15.3. The molecule has 2 fully saturated rings. The molecule has 7 heteroatoms. The van der Waals surface area contributed by atoms with Crippen LogP contribution in [0.4, 0.5) is 4.39 Å². The van der Waals surface area contributed by atoms with Crippen LogP contribution in [0.15, 0.2) is 66.6 Å². The molecular weight excluding hydrogens is 489 g/mol. The van der Waals surface area contributed by atoms with E-state index in [-0.39, 0.29) is 11.6 Å². The SMILES string of the molecule is C=CC[C@]12CN[C@@]13CCc1c(-c4ccccc4F)nc(-c4ccnc(C5CC5)c4)nc1[C@]3(C)CC(C#N)=C2O. The van der Waals surface area contributed by atoms with Crippen molar-refractivity contribution in [1.82, 2.24) is 20.3 Å². The van der Waals surface area contributed by atoms with Crippen LogP contribution in [0.3, 0.4) is 0 Å². The number of fused-ring (bicyclic) bond motifs is 2. The fraction of sp³-hybridized carbons (Fsp3) is 0.375. The molecule has 0 radical (unpaired) electrons. The first-order valence-electron chi connectivity index (χ1n) is 13.7. The van der Waals surface area contributed by atoms with Gasteiger partial charge >= 0.3 is 0 Å². The van der Waals surface area contributed by atoms with E-state index in [0.29, 0.717) is 60.8 Å². The molecule has 3 heterocycles. The predicted molar refractivity (Wildman–Crippen MR) is 146 cm³/mol. The molecule has 0 bridgehead atoms. The topological polar surface area (TPSA) is 94.7 Å². The van der Waals surface area contributed by atoms with Gasteiger partial charge in [-0.3, -0.25) is 4.98 Å². The lowest BCUT2D eigenvalue weighted by molar-refractivity contribution is -0.0945. The summed E-state index contributed by atoms with van der Waals surface area (Å²) in [5.74, 6) is 0.847. The van der Waals surface area contributed by atoms with Crippen molar-refractivity contribution in [3.8, 4) is 28.7 Å². The predicted octanol–water partition coefficient (Wildman–Crippen LogP) is 6.07. The molecule has 196 valence electrons. The molecule has 6 nitrogen and oxygen atoms in total. The molecule has 1 saturated carbocycles. The second-order valence-corrected chi connectivity index (χ2v) is 11.7. The number of aliphatic hydroxyl groups excluding tert-OH is 1. The second-order valence-electron chi connectivity index (χ2n) is 11.7. The Morgan fingerprint density at radius 3 is 2.77 bits per heavy atom. The Balaban J connectivity index is 1.50. The van der Waals surface area contributed by atoms with Crippen LogP contribution in [0, 0.1) is 22.6 Å². The minimum Gasteiger partial charge on any atom is -0.511 e. The van der Waals surface area contributed by atoms with Crippen LogP contribution in [0.5, 0.6) is 0 Å². The molecule has 7 rings (SSSR count). The van der Waals surface area contributed by atoms with Crippen molar-refractivity contribution in [2.75, 3.05) is 6.54 Å². The number of halogens is 1. The Kier molecular flexibility index (Phi) is 5.15. The van der Waals surface area contributed by atoms with Crippen LogP contribution in [0.25, 0.3) is 22.6 Å². The Hall–Kier alpha value is -3.89. The number of aromatic nitrogens is 3. The lowest BCUT2D eigenvalue weighted by atomic mass is 9.41. The van der Waals surface area contributed by atoms with Gasteiger partial charge in [0.15, 0.2) is 5.82 Å². The summed E-state index contributed by atoms with van der Waals surface area (Å²) in [6, 6.07) is 13.0. The lowest BCUT2D eigenvalue weighted by Gasteiger charge is -2.70. The van der Waals surface area contributed by atoms with Crippen LogP contribution in [-0.2, 0) is 11.8 Å². The van der Waals surface area contributed by atoms with E-state index >= 15 is 4.39 Å². The van der Waals surface area contributed by atoms with Crippen molar-refractivity contribution >= 4 is 0 Å². The maximum atomic E-state index is 15.3. The smallest absolute Gasteiger partial charge is 0.160 e. The molecule has 1 aliphatic heterocycles. The maximum absolute atomic E-state index is 15.3. The van der Waals surface area contributed by atoms with Crippen LogP contribution >= 0.6 is 0 Å². The van der Waals surface area contributed by atoms with Gasteiger partial charge in [0.25, 0.3) is 0 Å². The van der Waals surface area contributed by atoms with Crippen molar-refractivity contribution in [1.29, 1.82) is 5.26 Å². The van der Waals surface area contributed by atoms with Gasteiger partial charge in [0.1, 0.15) is 11.6 Å². The minimum absolute atomic E-state index is 0.177. The van der Waals surface area contributed by atoms with Gasteiger partial charge in [-0.25, -0.2) is 14.4 Å². The van der Waals surface area contributed by atoms with E-state index < -0.39 is 16.4 Å². The summed E-state index contributed by atoms with van der Waals surface area (Å²) in [5, 5.41) is 25.2. The van der Waals surface area contributed by atoms with Crippen LogP contribution in [0.1, 0.15) is 61.9 Å². The standard InChI is InChI=1S/C32H30FN5O/c1-3-12-31-18-36-32(31)13-10-23-26(22-6-4-5-7-24(22)33)37-29(20-11-14-35-25(15-20)19-8-9-19)38-27(23)30(32,2)16-21(17-34)28(31)39/h3-7,11,14-15,19,36,39H,1,8-10,12-13,16,18H2,2H3/t30-,31+,32+/m0/s1. The largest absolute Gasteiger partial charge is 0.511 e. The normalized spacial score (nSPS) is 28.9. The van der Waals surface area contributed by atoms with E-state index in [4.69, 9.17) is 9.97 Å².